The molecule has 0 bridgehead atoms. The normalized spacial score (nSPS) is 11.4. The van der Waals surface area contributed by atoms with Crippen LogP contribution in [0.25, 0.3) is 0 Å². The van der Waals surface area contributed by atoms with Crippen LogP contribution in [0.15, 0.2) is 23.2 Å². The van der Waals surface area contributed by atoms with Crippen molar-refractivity contribution in [1.29, 1.82) is 0 Å². The maximum atomic E-state index is 10.9. The van der Waals surface area contributed by atoms with Crippen molar-refractivity contribution in [3.05, 3.63) is 28.8 Å². The summed E-state index contributed by atoms with van der Waals surface area (Å²) in [4.78, 5) is 17.0. The molecule has 0 aliphatic carbocycles. The molecule has 0 aliphatic heterocycles. The van der Waals surface area contributed by atoms with Gasteiger partial charge in [-0.2, -0.15) is 0 Å². The first kappa shape index (κ1) is 14.7. The smallest absolute Gasteiger partial charge is 0.214 e. The summed E-state index contributed by atoms with van der Waals surface area (Å²) in [6, 6.07) is 5.56. The van der Waals surface area contributed by atoms with E-state index in [0.29, 0.717) is 5.02 Å². The Balaban J connectivity index is 3.02. The number of rotatable bonds is 5. The number of benzene rings is 1. The molecule has 0 N–H and O–H groups in total. The third-order valence-electron chi connectivity index (χ3n) is 2.73. The van der Waals surface area contributed by atoms with E-state index in [1.54, 1.807) is 7.05 Å². The summed E-state index contributed by atoms with van der Waals surface area (Å²) in [7, 11) is 1.73. The Kier molecular flexibility index (Phi) is 5.86. The number of aliphatic imine (C=N–C) groups is 1. The molecule has 98 valence electrons. The molecule has 0 saturated heterocycles. The maximum absolute atomic E-state index is 10.9. The Morgan fingerprint density at radius 1 is 1.50 bits per heavy atom. The standard InChI is InChI=1S/C14H19ClN2O/c1-4-5-6-14(17(3)10-18)16-13-8-7-12(15)9-11(13)2/h7-10H,4-6H2,1-3H3. The van der Waals surface area contributed by atoms with Crippen LogP contribution >= 0.6 is 11.6 Å². The number of amides is 1. The zero-order valence-corrected chi connectivity index (χ0v) is 11.9. The van der Waals surface area contributed by atoms with Gasteiger partial charge in [-0.25, -0.2) is 4.99 Å². The molecule has 0 spiro atoms. The first-order valence-corrected chi connectivity index (χ1v) is 6.48. The number of unbranched alkanes of at least 4 members (excludes halogenated alkanes) is 1. The van der Waals surface area contributed by atoms with Crippen molar-refractivity contribution < 1.29 is 4.79 Å². The second-order valence-electron chi connectivity index (χ2n) is 4.28. The Hall–Kier alpha value is -1.35. The summed E-state index contributed by atoms with van der Waals surface area (Å²) in [6.07, 6.45) is 3.68. The van der Waals surface area contributed by atoms with Crippen molar-refractivity contribution in [3.8, 4) is 0 Å². The van der Waals surface area contributed by atoms with Crippen molar-refractivity contribution in [3.63, 3.8) is 0 Å². The van der Waals surface area contributed by atoms with Gasteiger partial charge in [0, 0.05) is 18.5 Å². The highest BCUT2D eigenvalue weighted by Gasteiger charge is 2.06. The van der Waals surface area contributed by atoms with Gasteiger partial charge in [-0.3, -0.25) is 4.79 Å². The van der Waals surface area contributed by atoms with Crippen molar-refractivity contribution in [2.45, 2.75) is 33.1 Å². The molecule has 18 heavy (non-hydrogen) atoms. The molecule has 4 heteroatoms. The molecule has 1 rings (SSSR count). The topological polar surface area (TPSA) is 32.7 Å². The van der Waals surface area contributed by atoms with Gasteiger partial charge in [0.1, 0.15) is 5.84 Å². The van der Waals surface area contributed by atoms with Gasteiger partial charge in [-0.1, -0.05) is 24.9 Å². The van der Waals surface area contributed by atoms with E-state index in [2.05, 4.69) is 11.9 Å². The molecule has 0 saturated carbocycles. The fourth-order valence-electron chi connectivity index (χ4n) is 1.59. The van der Waals surface area contributed by atoms with E-state index in [0.717, 1.165) is 42.8 Å². The fourth-order valence-corrected chi connectivity index (χ4v) is 1.82. The average molecular weight is 267 g/mol. The lowest BCUT2D eigenvalue weighted by molar-refractivity contribution is -0.114. The van der Waals surface area contributed by atoms with Gasteiger partial charge >= 0.3 is 0 Å². The van der Waals surface area contributed by atoms with Crippen LogP contribution < -0.4 is 0 Å². The summed E-state index contributed by atoms with van der Waals surface area (Å²) < 4.78 is 0. The zero-order valence-electron chi connectivity index (χ0n) is 11.1. The molecule has 0 radical (unpaired) electrons. The lowest BCUT2D eigenvalue weighted by Crippen LogP contribution is -2.24. The molecule has 0 aromatic heterocycles. The van der Waals surface area contributed by atoms with Crippen molar-refractivity contribution in [2.75, 3.05) is 7.05 Å². The largest absolute Gasteiger partial charge is 0.306 e. The minimum Gasteiger partial charge on any atom is -0.306 e. The third kappa shape index (κ3) is 4.15. The lowest BCUT2D eigenvalue weighted by Gasteiger charge is -2.14. The molecule has 1 amide bonds. The average Bonchev–Trinajstić information content (AvgIpc) is 2.36. The summed E-state index contributed by atoms with van der Waals surface area (Å²) in [5.41, 5.74) is 1.87. The van der Waals surface area contributed by atoms with E-state index in [4.69, 9.17) is 11.6 Å². The SMILES string of the molecule is CCCCC(=Nc1ccc(Cl)cc1C)N(C)C=O. The Morgan fingerprint density at radius 3 is 2.78 bits per heavy atom. The fraction of sp³-hybridized carbons (Fsp3) is 0.429. The van der Waals surface area contributed by atoms with Gasteiger partial charge in [-0.05, 0) is 37.1 Å². The summed E-state index contributed by atoms with van der Waals surface area (Å²) in [5.74, 6) is 0.789. The minimum absolute atomic E-state index is 0.699. The van der Waals surface area contributed by atoms with Gasteiger partial charge in [0.05, 0.1) is 5.69 Å². The van der Waals surface area contributed by atoms with Gasteiger partial charge < -0.3 is 4.90 Å². The van der Waals surface area contributed by atoms with Crippen molar-refractivity contribution in [1.82, 2.24) is 4.90 Å². The Bertz CT molecular complexity index is 443. The van der Waals surface area contributed by atoms with E-state index in [9.17, 15) is 4.79 Å². The molecule has 0 fully saturated rings. The van der Waals surface area contributed by atoms with Crippen molar-refractivity contribution >= 4 is 29.5 Å². The summed E-state index contributed by atoms with van der Waals surface area (Å²) in [5, 5.41) is 0.699. The number of amidine groups is 1. The number of carbonyl (C=O) groups is 1. The van der Waals surface area contributed by atoms with E-state index < -0.39 is 0 Å². The lowest BCUT2D eigenvalue weighted by atomic mass is 10.2. The predicted octanol–water partition coefficient (Wildman–Crippen LogP) is 3.96. The Morgan fingerprint density at radius 2 is 2.22 bits per heavy atom. The van der Waals surface area contributed by atoms with Gasteiger partial charge in [0.25, 0.3) is 0 Å². The number of halogens is 1. The molecule has 1 aromatic rings. The monoisotopic (exact) mass is 266 g/mol. The van der Waals surface area contributed by atoms with Gasteiger partial charge in [-0.15, -0.1) is 0 Å². The van der Waals surface area contributed by atoms with Crippen LogP contribution in [-0.2, 0) is 4.79 Å². The second kappa shape index (κ2) is 7.17. The van der Waals surface area contributed by atoms with E-state index in [1.807, 2.05) is 25.1 Å². The molecule has 0 aliphatic rings. The van der Waals surface area contributed by atoms with Crippen LogP contribution in [0.1, 0.15) is 31.7 Å². The highest BCUT2D eigenvalue weighted by molar-refractivity contribution is 6.30. The van der Waals surface area contributed by atoms with Crippen LogP contribution in [-0.4, -0.2) is 24.2 Å². The predicted molar refractivity (Wildman–Crippen MR) is 76.6 cm³/mol. The second-order valence-corrected chi connectivity index (χ2v) is 4.72. The van der Waals surface area contributed by atoms with Crippen LogP contribution in [0.3, 0.4) is 0 Å². The molecule has 0 heterocycles. The molecule has 0 atom stereocenters. The number of hydrogen-bond acceptors (Lipinski definition) is 2. The first-order valence-electron chi connectivity index (χ1n) is 6.10. The van der Waals surface area contributed by atoms with Crippen LogP contribution in [0.2, 0.25) is 5.02 Å². The number of aryl methyl sites for hydroxylation is 1. The summed E-state index contributed by atoms with van der Waals surface area (Å²) >= 11 is 5.91. The highest BCUT2D eigenvalue weighted by atomic mass is 35.5. The first-order chi connectivity index (χ1) is 8.58. The molecule has 0 unspecified atom stereocenters. The highest BCUT2D eigenvalue weighted by Crippen LogP contribution is 2.23. The third-order valence-corrected chi connectivity index (χ3v) is 2.96. The zero-order chi connectivity index (χ0) is 13.5. The van der Waals surface area contributed by atoms with Gasteiger partial charge in [0.15, 0.2) is 0 Å². The van der Waals surface area contributed by atoms with Crippen LogP contribution in [0.4, 0.5) is 5.69 Å². The van der Waals surface area contributed by atoms with Crippen molar-refractivity contribution in [2.24, 2.45) is 4.99 Å². The number of carbonyl (C=O) groups excluding carboxylic acids is 1. The van der Waals surface area contributed by atoms with E-state index in [1.165, 1.54) is 4.90 Å². The number of nitrogens with zero attached hydrogens (tertiary/aromatic N) is 2. The maximum Gasteiger partial charge on any atom is 0.214 e. The molecular weight excluding hydrogens is 248 g/mol. The minimum atomic E-state index is 0.699. The Labute approximate surface area is 113 Å². The molecular formula is C14H19ClN2O. The summed E-state index contributed by atoms with van der Waals surface area (Å²) in [6.45, 7) is 4.08. The molecule has 3 nitrogen and oxygen atoms in total. The molecule has 1 aromatic carbocycles. The van der Waals surface area contributed by atoms with Crippen LogP contribution in [0, 0.1) is 6.92 Å². The van der Waals surface area contributed by atoms with E-state index >= 15 is 0 Å². The van der Waals surface area contributed by atoms with Gasteiger partial charge in [0.2, 0.25) is 6.41 Å². The van der Waals surface area contributed by atoms with E-state index in [-0.39, 0.29) is 0 Å². The number of hydrogen-bond donors (Lipinski definition) is 0. The van der Waals surface area contributed by atoms with Crippen LogP contribution in [0.5, 0.6) is 0 Å². The quantitative estimate of drug-likeness (QED) is 0.451.